The first-order valence-electron chi connectivity index (χ1n) is 7.45. The van der Waals surface area contributed by atoms with E-state index < -0.39 is 6.10 Å². The zero-order valence-electron chi connectivity index (χ0n) is 13.4. The Kier molecular flexibility index (Phi) is 6.38. The van der Waals surface area contributed by atoms with E-state index in [0.29, 0.717) is 12.1 Å². The van der Waals surface area contributed by atoms with Crippen LogP contribution in [0.2, 0.25) is 0 Å². The fraction of sp³-hybridized carbons (Fsp3) is 0.333. The van der Waals surface area contributed by atoms with Crippen LogP contribution in [0.5, 0.6) is 5.75 Å². The molecule has 0 heterocycles. The van der Waals surface area contributed by atoms with E-state index in [9.17, 15) is 9.50 Å². The van der Waals surface area contributed by atoms with Gasteiger partial charge in [-0.1, -0.05) is 30.3 Å². The van der Waals surface area contributed by atoms with E-state index >= 15 is 0 Å². The van der Waals surface area contributed by atoms with Gasteiger partial charge >= 0.3 is 0 Å². The van der Waals surface area contributed by atoms with Gasteiger partial charge in [0.15, 0.2) is 0 Å². The average molecular weight is 319 g/mol. The minimum absolute atomic E-state index is 0.133. The first-order chi connectivity index (χ1) is 11.1. The van der Waals surface area contributed by atoms with E-state index in [2.05, 4.69) is 0 Å². The second-order valence-corrected chi connectivity index (χ2v) is 5.31. The fourth-order valence-electron chi connectivity index (χ4n) is 2.33. The van der Waals surface area contributed by atoms with Gasteiger partial charge in [-0.2, -0.15) is 0 Å². The summed E-state index contributed by atoms with van der Waals surface area (Å²) in [7, 11) is 3.48. The lowest BCUT2D eigenvalue weighted by molar-refractivity contribution is 0.0314. The Morgan fingerprint density at radius 1 is 1.13 bits per heavy atom. The van der Waals surface area contributed by atoms with Crippen molar-refractivity contribution < 1.29 is 19.0 Å². The number of hydrogen-bond acceptors (Lipinski definition) is 4. The van der Waals surface area contributed by atoms with Crippen molar-refractivity contribution in [3.05, 3.63) is 59.9 Å². The predicted octanol–water partition coefficient (Wildman–Crippen LogP) is 2.85. The highest BCUT2D eigenvalue weighted by atomic mass is 19.1. The van der Waals surface area contributed by atoms with E-state index in [1.165, 1.54) is 6.07 Å². The van der Waals surface area contributed by atoms with Crippen molar-refractivity contribution in [2.45, 2.75) is 12.7 Å². The molecule has 124 valence electrons. The van der Waals surface area contributed by atoms with E-state index in [0.717, 1.165) is 11.4 Å². The minimum atomic E-state index is -0.684. The summed E-state index contributed by atoms with van der Waals surface area (Å²) < 4.78 is 24.2. The molecule has 2 aromatic carbocycles. The van der Waals surface area contributed by atoms with E-state index in [4.69, 9.17) is 9.47 Å². The number of ether oxygens (including phenoxy) is 2. The number of hydrogen-bond donors (Lipinski definition) is 1. The van der Waals surface area contributed by atoms with E-state index in [1.54, 1.807) is 25.3 Å². The monoisotopic (exact) mass is 319 g/mol. The van der Waals surface area contributed by atoms with Crippen LogP contribution in [0.3, 0.4) is 0 Å². The summed E-state index contributed by atoms with van der Waals surface area (Å²) in [5, 5.41) is 10.1. The van der Waals surface area contributed by atoms with Gasteiger partial charge in [-0.25, -0.2) is 4.39 Å². The molecule has 5 heteroatoms. The molecule has 23 heavy (non-hydrogen) atoms. The number of nitrogens with zero attached hydrogens (tertiary/aromatic N) is 1. The number of likely N-dealkylation sites (N-methyl/N-ethyl adjacent to an activating group) is 1. The number of halogens is 1. The normalized spacial score (nSPS) is 12.0. The topological polar surface area (TPSA) is 41.9 Å². The Hall–Kier alpha value is -2.11. The van der Waals surface area contributed by atoms with Crippen molar-refractivity contribution in [2.24, 2.45) is 0 Å². The lowest BCUT2D eigenvalue weighted by atomic mass is 10.2. The van der Waals surface area contributed by atoms with Gasteiger partial charge in [-0.15, -0.1) is 0 Å². The molecule has 0 amide bonds. The maximum Gasteiger partial charge on any atom is 0.142 e. The van der Waals surface area contributed by atoms with Gasteiger partial charge in [-0.05, 0) is 18.2 Å². The molecule has 0 fully saturated rings. The van der Waals surface area contributed by atoms with Crippen LogP contribution in [-0.4, -0.2) is 38.5 Å². The number of para-hydroxylation sites is 2. The number of anilines is 1. The Balaban J connectivity index is 1.82. The average Bonchev–Trinajstić information content (AvgIpc) is 2.56. The molecule has 4 nitrogen and oxygen atoms in total. The van der Waals surface area contributed by atoms with Crippen LogP contribution in [0.4, 0.5) is 10.1 Å². The molecule has 0 saturated heterocycles. The number of benzene rings is 2. The summed E-state index contributed by atoms with van der Waals surface area (Å²) in [6.45, 7) is 0.660. The molecule has 1 atom stereocenters. The highest BCUT2D eigenvalue weighted by Gasteiger charge is 2.13. The van der Waals surface area contributed by atoms with Gasteiger partial charge in [0.05, 0.1) is 32.1 Å². The molecular formula is C18H22FNO3. The highest BCUT2D eigenvalue weighted by molar-refractivity contribution is 5.57. The summed E-state index contributed by atoms with van der Waals surface area (Å²) in [6.07, 6.45) is -0.684. The molecule has 0 radical (unpaired) electrons. The molecule has 2 rings (SSSR count). The van der Waals surface area contributed by atoms with Crippen LogP contribution in [-0.2, 0) is 11.3 Å². The van der Waals surface area contributed by atoms with Crippen LogP contribution < -0.4 is 9.64 Å². The second kappa shape index (κ2) is 8.50. The quantitative estimate of drug-likeness (QED) is 0.812. The summed E-state index contributed by atoms with van der Waals surface area (Å²) >= 11 is 0. The third-order valence-corrected chi connectivity index (χ3v) is 3.51. The summed E-state index contributed by atoms with van der Waals surface area (Å²) in [5.41, 5.74) is 1.38. The predicted molar refractivity (Wildman–Crippen MR) is 88.3 cm³/mol. The standard InChI is InChI=1S/C18H22FNO3/c1-20(17-9-5-6-10-18(17)22-2)11-15(21)13-23-12-14-7-3-4-8-16(14)19/h3-10,15,21H,11-13H2,1-2H3. The van der Waals surface area contributed by atoms with Gasteiger partial charge in [0.1, 0.15) is 11.6 Å². The molecule has 0 aliphatic heterocycles. The van der Waals surface area contributed by atoms with Gasteiger partial charge in [0.25, 0.3) is 0 Å². The Bertz CT molecular complexity index is 621. The van der Waals surface area contributed by atoms with Gasteiger partial charge in [0, 0.05) is 19.2 Å². The maximum absolute atomic E-state index is 13.5. The van der Waals surface area contributed by atoms with Crippen LogP contribution in [0.1, 0.15) is 5.56 Å². The summed E-state index contributed by atoms with van der Waals surface area (Å²) in [5.74, 6) is 0.447. The van der Waals surface area contributed by atoms with Crippen molar-refractivity contribution in [3.8, 4) is 5.75 Å². The van der Waals surface area contributed by atoms with Crippen molar-refractivity contribution >= 4 is 5.69 Å². The first kappa shape index (κ1) is 17.2. The molecule has 0 aliphatic rings. The minimum Gasteiger partial charge on any atom is -0.495 e. The lowest BCUT2D eigenvalue weighted by Gasteiger charge is -2.24. The number of aliphatic hydroxyl groups is 1. The van der Waals surface area contributed by atoms with Crippen LogP contribution in [0.15, 0.2) is 48.5 Å². The molecule has 2 aromatic rings. The lowest BCUT2D eigenvalue weighted by Crippen LogP contribution is -2.32. The number of aliphatic hydroxyl groups excluding tert-OH is 1. The van der Waals surface area contributed by atoms with Gasteiger partial charge in [-0.3, -0.25) is 0 Å². The van der Waals surface area contributed by atoms with Crippen molar-refractivity contribution in [1.29, 1.82) is 0 Å². The highest BCUT2D eigenvalue weighted by Crippen LogP contribution is 2.26. The zero-order chi connectivity index (χ0) is 16.7. The van der Waals surface area contributed by atoms with Crippen LogP contribution in [0, 0.1) is 5.82 Å². The Morgan fingerprint density at radius 3 is 2.57 bits per heavy atom. The summed E-state index contributed by atoms with van der Waals surface area (Å²) in [4.78, 5) is 1.90. The van der Waals surface area contributed by atoms with Gasteiger partial charge in [0.2, 0.25) is 0 Å². The van der Waals surface area contributed by atoms with Crippen molar-refractivity contribution in [3.63, 3.8) is 0 Å². The largest absolute Gasteiger partial charge is 0.495 e. The second-order valence-electron chi connectivity index (χ2n) is 5.31. The smallest absolute Gasteiger partial charge is 0.142 e. The van der Waals surface area contributed by atoms with Crippen molar-refractivity contribution in [1.82, 2.24) is 0 Å². The molecule has 1 unspecified atom stereocenters. The SMILES string of the molecule is COc1ccccc1N(C)CC(O)COCc1ccccc1F. The fourth-order valence-corrected chi connectivity index (χ4v) is 2.33. The van der Waals surface area contributed by atoms with E-state index in [-0.39, 0.29) is 19.0 Å². The maximum atomic E-state index is 13.5. The Morgan fingerprint density at radius 2 is 1.83 bits per heavy atom. The molecule has 0 saturated carbocycles. The zero-order valence-corrected chi connectivity index (χ0v) is 13.4. The Labute approximate surface area is 136 Å². The number of methoxy groups -OCH3 is 1. The molecule has 0 bridgehead atoms. The van der Waals surface area contributed by atoms with Crippen LogP contribution in [0.25, 0.3) is 0 Å². The third-order valence-electron chi connectivity index (χ3n) is 3.51. The van der Waals surface area contributed by atoms with Crippen molar-refractivity contribution in [2.75, 3.05) is 32.2 Å². The molecule has 0 spiro atoms. The first-order valence-corrected chi connectivity index (χ1v) is 7.45. The summed E-state index contributed by atoms with van der Waals surface area (Å²) in [6, 6.07) is 14.1. The van der Waals surface area contributed by atoms with E-state index in [1.807, 2.05) is 36.2 Å². The van der Waals surface area contributed by atoms with Crippen LogP contribution >= 0.6 is 0 Å². The molecular weight excluding hydrogens is 297 g/mol. The third kappa shape index (κ3) is 4.94. The van der Waals surface area contributed by atoms with Gasteiger partial charge < -0.3 is 19.5 Å². The molecule has 0 aliphatic carbocycles. The molecule has 0 aromatic heterocycles. The molecule has 1 N–H and O–H groups in total. The number of rotatable bonds is 8.